The van der Waals surface area contributed by atoms with Crippen molar-refractivity contribution in [2.75, 3.05) is 6.61 Å². The zero-order valence-corrected chi connectivity index (χ0v) is 19.9. The minimum atomic E-state index is -0.268. The molecule has 0 aromatic heterocycles. The fraction of sp³-hybridized carbons (Fsp3) is 1.00. The molecule has 6 rings (SSSR count). The number of fused-ring (bicyclic) bond motifs is 7. The molecule has 170 valence electrons. The largest absolute Gasteiger partial charge is 0.349 e. The lowest BCUT2D eigenvalue weighted by Gasteiger charge is -2.61. The van der Waals surface area contributed by atoms with Crippen LogP contribution in [0.2, 0.25) is 0 Å². The molecule has 12 atom stereocenters. The Morgan fingerprint density at radius 1 is 0.833 bits per heavy atom. The van der Waals surface area contributed by atoms with Crippen molar-refractivity contribution in [2.45, 2.75) is 110 Å². The molecular weight excluding hydrogens is 370 g/mol. The third kappa shape index (κ3) is 2.61. The monoisotopic (exact) mass is 415 g/mol. The lowest BCUT2D eigenvalue weighted by molar-refractivity contribution is -0.273. The van der Waals surface area contributed by atoms with Gasteiger partial charge >= 0.3 is 0 Å². The van der Waals surface area contributed by atoms with Gasteiger partial charge in [-0.2, -0.15) is 0 Å². The summed E-state index contributed by atoms with van der Waals surface area (Å²) in [5.74, 6) is 5.25. The van der Waals surface area contributed by atoms with E-state index in [-0.39, 0.29) is 5.79 Å². The molecule has 6 aliphatic rings. The summed E-state index contributed by atoms with van der Waals surface area (Å²) >= 11 is 0. The molecule has 2 aliphatic heterocycles. The minimum Gasteiger partial charge on any atom is -0.349 e. The van der Waals surface area contributed by atoms with E-state index in [1.807, 2.05) is 0 Å². The molecule has 1 spiro atoms. The zero-order valence-electron chi connectivity index (χ0n) is 19.9. The first-order chi connectivity index (χ1) is 14.3. The Hall–Kier alpha value is -0.120. The Balaban J connectivity index is 1.26. The first-order valence-electron chi connectivity index (χ1n) is 13.3. The van der Waals surface area contributed by atoms with Crippen LogP contribution in [-0.2, 0) is 9.47 Å². The van der Waals surface area contributed by atoms with E-state index in [9.17, 15) is 0 Å². The Kier molecular flexibility index (Phi) is 4.58. The normalized spacial score (nSPS) is 62.5. The summed E-state index contributed by atoms with van der Waals surface area (Å²) in [6.07, 6.45) is 13.7. The Morgan fingerprint density at radius 3 is 2.40 bits per heavy atom. The lowest BCUT2D eigenvalue weighted by Crippen LogP contribution is -2.55. The fourth-order valence-corrected chi connectivity index (χ4v) is 10.3. The van der Waals surface area contributed by atoms with Gasteiger partial charge in [-0.05, 0) is 104 Å². The van der Waals surface area contributed by atoms with Crippen molar-refractivity contribution in [2.24, 2.45) is 58.0 Å². The maximum atomic E-state index is 6.92. The maximum absolute atomic E-state index is 6.92. The number of ether oxygens (including phenoxy) is 2. The van der Waals surface area contributed by atoms with Gasteiger partial charge < -0.3 is 15.2 Å². The second-order valence-corrected chi connectivity index (χ2v) is 13.2. The van der Waals surface area contributed by atoms with E-state index in [0.717, 1.165) is 36.7 Å². The number of hydrogen-bond acceptors (Lipinski definition) is 3. The number of nitrogens with two attached hydrogens (primary N) is 1. The van der Waals surface area contributed by atoms with E-state index in [1.165, 1.54) is 57.8 Å². The highest BCUT2D eigenvalue weighted by molar-refractivity contribution is 5.15. The van der Waals surface area contributed by atoms with Crippen molar-refractivity contribution in [1.82, 2.24) is 0 Å². The Bertz CT molecular complexity index is 686. The van der Waals surface area contributed by atoms with Crippen LogP contribution in [0.5, 0.6) is 0 Å². The molecule has 2 saturated heterocycles. The first kappa shape index (κ1) is 20.5. The molecule has 0 aromatic carbocycles. The van der Waals surface area contributed by atoms with E-state index in [4.69, 9.17) is 15.2 Å². The van der Waals surface area contributed by atoms with E-state index in [2.05, 4.69) is 27.7 Å². The van der Waals surface area contributed by atoms with Crippen molar-refractivity contribution in [3.8, 4) is 0 Å². The molecule has 2 heterocycles. The highest BCUT2D eigenvalue weighted by atomic mass is 16.7. The summed E-state index contributed by atoms with van der Waals surface area (Å²) in [6.45, 7) is 11.0. The van der Waals surface area contributed by atoms with Gasteiger partial charge in [-0.1, -0.05) is 27.7 Å². The Labute approximate surface area is 184 Å². The molecule has 4 saturated carbocycles. The van der Waals surface area contributed by atoms with Gasteiger partial charge in [-0.3, -0.25) is 0 Å². The second kappa shape index (κ2) is 6.70. The average Bonchev–Trinajstić information content (AvgIpc) is 3.16. The summed E-state index contributed by atoms with van der Waals surface area (Å²) < 4.78 is 13.4. The summed E-state index contributed by atoms with van der Waals surface area (Å²) in [4.78, 5) is 0. The van der Waals surface area contributed by atoms with E-state index in [0.29, 0.717) is 40.7 Å². The SMILES string of the molecule is C[C@@H]1CC[C@@]2(OC1)O[C@H]1C[C@H]3[C@@H]4CC[C@H]5C[C@@H](N)CC[C@]5(C)[C@H]4CC[C@]3(C)[C@H]1[C@@H]2C. The lowest BCUT2D eigenvalue weighted by atomic mass is 9.44. The molecular formula is C27H45NO2. The van der Waals surface area contributed by atoms with Crippen LogP contribution in [0.4, 0.5) is 0 Å². The van der Waals surface area contributed by atoms with Crippen LogP contribution in [0.3, 0.4) is 0 Å². The van der Waals surface area contributed by atoms with Crippen LogP contribution in [-0.4, -0.2) is 24.5 Å². The van der Waals surface area contributed by atoms with Gasteiger partial charge in [0.05, 0.1) is 12.7 Å². The van der Waals surface area contributed by atoms with Crippen LogP contribution in [0, 0.1) is 52.3 Å². The molecule has 0 bridgehead atoms. The van der Waals surface area contributed by atoms with Gasteiger partial charge in [0.2, 0.25) is 0 Å². The van der Waals surface area contributed by atoms with E-state index >= 15 is 0 Å². The molecule has 3 heteroatoms. The van der Waals surface area contributed by atoms with Gasteiger partial charge in [0.25, 0.3) is 0 Å². The zero-order chi connectivity index (χ0) is 20.9. The van der Waals surface area contributed by atoms with Crippen LogP contribution >= 0.6 is 0 Å². The summed E-state index contributed by atoms with van der Waals surface area (Å²) in [6, 6.07) is 0.461. The van der Waals surface area contributed by atoms with Crippen LogP contribution < -0.4 is 5.73 Å². The molecule has 6 fully saturated rings. The number of hydrogen-bond donors (Lipinski definition) is 1. The third-order valence-electron chi connectivity index (χ3n) is 12.0. The molecule has 0 unspecified atom stereocenters. The van der Waals surface area contributed by atoms with E-state index < -0.39 is 0 Å². The predicted octanol–water partition coefficient (Wildman–Crippen LogP) is 5.76. The van der Waals surface area contributed by atoms with Crippen molar-refractivity contribution in [1.29, 1.82) is 0 Å². The van der Waals surface area contributed by atoms with Crippen molar-refractivity contribution in [3.05, 3.63) is 0 Å². The van der Waals surface area contributed by atoms with Gasteiger partial charge in [0, 0.05) is 18.4 Å². The van der Waals surface area contributed by atoms with Gasteiger partial charge in [-0.15, -0.1) is 0 Å². The summed E-state index contributed by atoms with van der Waals surface area (Å²) in [7, 11) is 0. The van der Waals surface area contributed by atoms with Crippen molar-refractivity contribution in [3.63, 3.8) is 0 Å². The highest BCUT2D eigenvalue weighted by Crippen LogP contribution is 2.71. The van der Waals surface area contributed by atoms with Crippen molar-refractivity contribution < 1.29 is 9.47 Å². The first-order valence-corrected chi connectivity index (χ1v) is 13.3. The second-order valence-electron chi connectivity index (χ2n) is 13.2. The summed E-state index contributed by atoms with van der Waals surface area (Å²) in [5, 5.41) is 0. The van der Waals surface area contributed by atoms with Gasteiger partial charge in [0.1, 0.15) is 0 Å². The van der Waals surface area contributed by atoms with Crippen LogP contribution in [0.15, 0.2) is 0 Å². The topological polar surface area (TPSA) is 44.5 Å². The quantitative estimate of drug-likeness (QED) is 0.547. The van der Waals surface area contributed by atoms with Crippen LogP contribution in [0.1, 0.15) is 91.9 Å². The highest BCUT2D eigenvalue weighted by Gasteiger charge is 2.69. The smallest absolute Gasteiger partial charge is 0.171 e. The standard InChI is InChI=1S/C27H45NO2/c1-16-7-12-27(29-15-16)17(2)24-23(30-27)14-22-20-6-5-18-13-19(28)8-10-25(18,3)21(20)9-11-26(22,24)4/h16-24H,5-15,28H2,1-4H3/t16-,17+,18+,19+,20-,21+,22+,23+,24+,25+,26+,27-/m1/s1. The van der Waals surface area contributed by atoms with Gasteiger partial charge in [0.15, 0.2) is 5.79 Å². The fourth-order valence-electron chi connectivity index (χ4n) is 10.3. The molecule has 0 amide bonds. The Morgan fingerprint density at radius 2 is 1.63 bits per heavy atom. The molecule has 30 heavy (non-hydrogen) atoms. The molecule has 0 aromatic rings. The average molecular weight is 416 g/mol. The third-order valence-corrected chi connectivity index (χ3v) is 12.0. The molecule has 2 N–H and O–H groups in total. The minimum absolute atomic E-state index is 0.268. The molecule has 0 radical (unpaired) electrons. The van der Waals surface area contributed by atoms with E-state index in [1.54, 1.807) is 0 Å². The molecule has 3 nitrogen and oxygen atoms in total. The predicted molar refractivity (Wildman–Crippen MR) is 120 cm³/mol. The van der Waals surface area contributed by atoms with Crippen LogP contribution in [0.25, 0.3) is 0 Å². The molecule has 4 aliphatic carbocycles. The van der Waals surface area contributed by atoms with Gasteiger partial charge in [-0.25, -0.2) is 0 Å². The maximum Gasteiger partial charge on any atom is 0.171 e. The van der Waals surface area contributed by atoms with Crippen molar-refractivity contribution >= 4 is 0 Å². The summed E-state index contributed by atoms with van der Waals surface area (Å²) in [5.41, 5.74) is 7.40. The number of rotatable bonds is 0.